The number of piperidine rings is 1. The van der Waals surface area contributed by atoms with Crippen LogP contribution in [-0.2, 0) is 0 Å². The van der Waals surface area contributed by atoms with Gasteiger partial charge in [0.2, 0.25) is 0 Å². The van der Waals surface area contributed by atoms with E-state index in [1.54, 1.807) is 6.33 Å². The molecule has 28 heavy (non-hydrogen) atoms. The van der Waals surface area contributed by atoms with Crippen molar-refractivity contribution >= 4 is 22.6 Å². The van der Waals surface area contributed by atoms with Crippen LogP contribution in [0, 0.1) is 0 Å². The normalized spacial score (nSPS) is 17.6. The summed E-state index contributed by atoms with van der Waals surface area (Å²) in [5, 5.41) is 1.06. The number of amides is 1. The highest BCUT2D eigenvalue weighted by molar-refractivity contribution is 5.95. The maximum absolute atomic E-state index is 13.0. The van der Waals surface area contributed by atoms with Crippen molar-refractivity contribution in [3.05, 3.63) is 60.7 Å². The maximum Gasteiger partial charge on any atom is 0.272 e. The van der Waals surface area contributed by atoms with Gasteiger partial charge in [-0.25, -0.2) is 15.0 Å². The highest BCUT2D eigenvalue weighted by Gasteiger charge is 2.37. The third kappa shape index (κ3) is 3.30. The zero-order valence-corrected chi connectivity index (χ0v) is 15.7. The Hall–Kier alpha value is -3.02. The molecule has 0 N–H and O–H groups in total. The molecule has 0 unspecified atom stereocenters. The number of aromatic nitrogens is 3. The molecule has 5 rings (SSSR count). The van der Waals surface area contributed by atoms with Crippen LogP contribution >= 0.6 is 0 Å². The fourth-order valence-corrected chi connectivity index (χ4v) is 4.16. The summed E-state index contributed by atoms with van der Waals surface area (Å²) in [5.74, 6) is 1.04. The van der Waals surface area contributed by atoms with Gasteiger partial charge in [-0.15, -0.1) is 0 Å². The molecule has 1 amide bonds. The lowest BCUT2D eigenvalue weighted by Gasteiger charge is -2.39. The number of hydrogen-bond acceptors (Lipinski definition) is 5. The summed E-state index contributed by atoms with van der Waals surface area (Å²) >= 11 is 0. The minimum Gasteiger partial charge on any atom is -0.350 e. The second kappa shape index (κ2) is 7.19. The van der Waals surface area contributed by atoms with Crippen LogP contribution in [0.25, 0.3) is 10.9 Å². The Morgan fingerprint density at radius 3 is 2.50 bits per heavy atom. The van der Waals surface area contributed by atoms with E-state index in [9.17, 15) is 4.79 Å². The van der Waals surface area contributed by atoms with Crippen molar-refractivity contribution in [3.8, 4) is 0 Å². The number of nitrogens with zero attached hydrogens (tertiary/aromatic N) is 5. The number of carbonyl (C=O) groups excluding carboxylic acids is 1. The van der Waals surface area contributed by atoms with E-state index in [0.29, 0.717) is 17.8 Å². The highest BCUT2D eigenvalue weighted by Crippen LogP contribution is 2.35. The number of likely N-dealkylation sites (tertiary alicyclic amines) is 1. The summed E-state index contributed by atoms with van der Waals surface area (Å²) in [4.78, 5) is 30.5. The van der Waals surface area contributed by atoms with Crippen molar-refractivity contribution in [2.24, 2.45) is 0 Å². The molecule has 6 nitrogen and oxygen atoms in total. The van der Waals surface area contributed by atoms with Crippen LogP contribution in [0.3, 0.4) is 0 Å². The summed E-state index contributed by atoms with van der Waals surface area (Å²) in [5.41, 5.74) is 1.40. The molecule has 3 heterocycles. The van der Waals surface area contributed by atoms with Crippen LogP contribution in [0.2, 0.25) is 0 Å². The number of carbonyl (C=O) groups is 1. The summed E-state index contributed by atoms with van der Waals surface area (Å²) in [6.45, 7) is 1.51. The average Bonchev–Trinajstić information content (AvgIpc) is 3.59. The average molecular weight is 373 g/mol. The van der Waals surface area contributed by atoms with Gasteiger partial charge in [-0.2, -0.15) is 0 Å². The van der Waals surface area contributed by atoms with E-state index < -0.39 is 0 Å². The zero-order valence-electron chi connectivity index (χ0n) is 15.7. The first kappa shape index (κ1) is 17.1. The predicted molar refractivity (Wildman–Crippen MR) is 108 cm³/mol. The topological polar surface area (TPSA) is 62.2 Å². The van der Waals surface area contributed by atoms with Crippen LogP contribution in [0.1, 0.15) is 36.2 Å². The van der Waals surface area contributed by atoms with E-state index in [0.717, 1.165) is 42.7 Å². The maximum atomic E-state index is 13.0. The molecule has 6 heteroatoms. The molecule has 0 bridgehead atoms. The first-order valence-corrected chi connectivity index (χ1v) is 9.99. The van der Waals surface area contributed by atoms with E-state index in [1.165, 1.54) is 12.8 Å². The van der Waals surface area contributed by atoms with Crippen molar-refractivity contribution in [2.45, 2.75) is 37.8 Å². The number of benzene rings is 1. The largest absolute Gasteiger partial charge is 0.350 e. The Morgan fingerprint density at radius 2 is 1.75 bits per heavy atom. The number of hydrogen-bond donors (Lipinski definition) is 0. The van der Waals surface area contributed by atoms with Crippen molar-refractivity contribution in [1.82, 2.24) is 19.9 Å². The van der Waals surface area contributed by atoms with E-state index in [1.807, 2.05) is 53.6 Å². The number of fused-ring (bicyclic) bond motifs is 1. The molecule has 142 valence electrons. The van der Waals surface area contributed by atoms with Gasteiger partial charge in [0.1, 0.15) is 17.8 Å². The smallest absolute Gasteiger partial charge is 0.272 e. The van der Waals surface area contributed by atoms with Crippen LogP contribution in [0.15, 0.2) is 55.0 Å². The van der Waals surface area contributed by atoms with E-state index in [2.05, 4.69) is 19.9 Å². The second-order valence-corrected chi connectivity index (χ2v) is 7.62. The number of pyridine rings is 1. The monoisotopic (exact) mass is 373 g/mol. The Labute approximate surface area is 164 Å². The molecule has 3 aromatic rings. The third-order valence-corrected chi connectivity index (χ3v) is 5.73. The zero-order chi connectivity index (χ0) is 18.9. The first-order chi connectivity index (χ1) is 13.8. The molecule has 1 aromatic carbocycles. The SMILES string of the molecule is O=C(c1ccc2ccccc2n1)N1CCC(N(c2ccncn2)C2CC2)CC1. The van der Waals surface area contributed by atoms with Gasteiger partial charge in [0.25, 0.3) is 5.91 Å². The third-order valence-electron chi connectivity index (χ3n) is 5.73. The fraction of sp³-hybridized carbons (Fsp3) is 0.364. The van der Waals surface area contributed by atoms with Crippen molar-refractivity contribution in [1.29, 1.82) is 0 Å². The van der Waals surface area contributed by atoms with E-state index >= 15 is 0 Å². The molecule has 0 radical (unpaired) electrons. The summed E-state index contributed by atoms with van der Waals surface area (Å²) in [7, 11) is 0. The van der Waals surface area contributed by atoms with Gasteiger partial charge >= 0.3 is 0 Å². The Morgan fingerprint density at radius 1 is 0.964 bits per heavy atom. The van der Waals surface area contributed by atoms with Crippen LogP contribution in [0.5, 0.6) is 0 Å². The van der Waals surface area contributed by atoms with Crippen LogP contribution < -0.4 is 4.90 Å². The van der Waals surface area contributed by atoms with E-state index in [4.69, 9.17) is 0 Å². The van der Waals surface area contributed by atoms with Gasteiger partial charge in [0.05, 0.1) is 5.52 Å². The Balaban J connectivity index is 1.29. The summed E-state index contributed by atoms with van der Waals surface area (Å²) < 4.78 is 0. The molecule has 1 saturated carbocycles. The van der Waals surface area contributed by atoms with Crippen LogP contribution in [0.4, 0.5) is 5.82 Å². The molecular weight excluding hydrogens is 350 g/mol. The minimum absolute atomic E-state index is 0.0317. The molecule has 2 aliphatic rings. The van der Waals surface area contributed by atoms with Crippen molar-refractivity contribution < 1.29 is 4.79 Å². The Bertz CT molecular complexity index is 980. The van der Waals surface area contributed by atoms with E-state index in [-0.39, 0.29) is 5.91 Å². The molecule has 2 fully saturated rings. The number of para-hydroxylation sites is 1. The van der Waals surface area contributed by atoms with Gasteiger partial charge in [-0.3, -0.25) is 4.79 Å². The standard InChI is InChI=1S/C22H23N5O/c28-22(20-8-5-16-3-1-2-4-19(16)25-20)26-13-10-18(11-14-26)27(17-6-7-17)21-9-12-23-15-24-21/h1-5,8-9,12,15,17-18H,6-7,10-11,13-14H2. The summed E-state index contributed by atoms with van der Waals surface area (Å²) in [6.07, 6.45) is 7.80. The molecule has 2 aromatic heterocycles. The summed E-state index contributed by atoms with van der Waals surface area (Å²) in [6, 6.07) is 14.7. The lowest BCUT2D eigenvalue weighted by atomic mass is 10.0. The molecule has 1 saturated heterocycles. The first-order valence-electron chi connectivity index (χ1n) is 9.99. The molecule has 1 aliphatic heterocycles. The number of rotatable bonds is 4. The molecule has 1 aliphatic carbocycles. The minimum atomic E-state index is 0.0317. The van der Waals surface area contributed by atoms with Crippen LogP contribution in [-0.4, -0.2) is 50.9 Å². The highest BCUT2D eigenvalue weighted by atomic mass is 16.2. The lowest BCUT2D eigenvalue weighted by Crippen LogP contribution is -2.48. The molecular formula is C22H23N5O. The van der Waals surface area contributed by atoms with Gasteiger partial charge < -0.3 is 9.80 Å². The van der Waals surface area contributed by atoms with Gasteiger partial charge in [0, 0.05) is 36.8 Å². The lowest BCUT2D eigenvalue weighted by molar-refractivity contribution is 0.0706. The predicted octanol–water partition coefficient (Wildman–Crippen LogP) is 3.30. The second-order valence-electron chi connectivity index (χ2n) is 7.62. The fourth-order valence-electron chi connectivity index (χ4n) is 4.16. The van der Waals surface area contributed by atoms with Crippen molar-refractivity contribution in [2.75, 3.05) is 18.0 Å². The van der Waals surface area contributed by atoms with Gasteiger partial charge in [-0.05, 0) is 43.9 Å². The Kier molecular flexibility index (Phi) is 4.39. The van der Waals surface area contributed by atoms with Crippen molar-refractivity contribution in [3.63, 3.8) is 0 Å². The quantitative estimate of drug-likeness (QED) is 0.702. The van der Waals surface area contributed by atoms with Gasteiger partial charge in [0.15, 0.2) is 0 Å². The molecule has 0 spiro atoms. The molecule has 0 atom stereocenters. The van der Waals surface area contributed by atoms with Gasteiger partial charge in [-0.1, -0.05) is 24.3 Å². The number of anilines is 1.